The molecule has 0 aromatic carbocycles. The standard InChI is InChI=1S/C25H50NO8P/c1-3-5-7-8-9-10-11-12-13-14-15-16-18-25(28)34-23(21-31-24(27)17-6-4-2)22-33-35(29,30)32-20-19-26/h23H,3-22,26H2,1-2H3,(H,29,30). The average Bonchev–Trinajstić information content (AvgIpc) is 2.83. The summed E-state index contributed by atoms with van der Waals surface area (Å²) in [6.07, 6.45) is 15.4. The van der Waals surface area contributed by atoms with E-state index in [2.05, 4.69) is 11.4 Å². The molecule has 0 saturated heterocycles. The van der Waals surface area contributed by atoms with Gasteiger partial charge in [-0.3, -0.25) is 18.6 Å². The van der Waals surface area contributed by atoms with Crippen LogP contribution in [0.25, 0.3) is 0 Å². The Labute approximate surface area is 212 Å². The monoisotopic (exact) mass is 523 g/mol. The quantitative estimate of drug-likeness (QED) is 0.0862. The number of hydrogen-bond donors (Lipinski definition) is 2. The van der Waals surface area contributed by atoms with E-state index in [1.807, 2.05) is 6.92 Å². The normalized spacial score (nSPS) is 13.8. The molecule has 10 heteroatoms. The fraction of sp³-hybridized carbons (Fsp3) is 0.920. The first-order chi connectivity index (χ1) is 16.8. The minimum absolute atomic E-state index is 0.0560. The van der Waals surface area contributed by atoms with E-state index < -0.39 is 32.5 Å². The van der Waals surface area contributed by atoms with Crippen LogP contribution in [-0.4, -0.2) is 49.3 Å². The van der Waals surface area contributed by atoms with Gasteiger partial charge >= 0.3 is 19.8 Å². The molecule has 35 heavy (non-hydrogen) atoms. The second-order valence-corrected chi connectivity index (χ2v) is 10.4. The number of phosphoric ester groups is 1. The van der Waals surface area contributed by atoms with Crippen LogP contribution in [0.2, 0.25) is 0 Å². The lowest BCUT2D eigenvalue weighted by molar-refractivity contribution is -0.161. The maximum Gasteiger partial charge on any atom is 0.472 e. The summed E-state index contributed by atoms with van der Waals surface area (Å²) in [4.78, 5) is 33.7. The Bertz CT molecular complexity index is 576. The minimum Gasteiger partial charge on any atom is -0.462 e. The first kappa shape index (κ1) is 34.0. The van der Waals surface area contributed by atoms with Crippen LogP contribution in [-0.2, 0) is 32.7 Å². The van der Waals surface area contributed by atoms with Crippen molar-refractivity contribution in [1.82, 2.24) is 0 Å². The van der Waals surface area contributed by atoms with Crippen LogP contribution in [0.1, 0.15) is 117 Å². The molecule has 0 bridgehead atoms. The number of carbonyl (C=O) groups excluding carboxylic acids is 2. The fourth-order valence-corrected chi connectivity index (χ4v) is 4.20. The van der Waals surface area contributed by atoms with Crippen molar-refractivity contribution in [2.75, 3.05) is 26.4 Å². The van der Waals surface area contributed by atoms with E-state index in [9.17, 15) is 19.0 Å². The molecule has 0 radical (unpaired) electrons. The molecule has 0 heterocycles. The minimum atomic E-state index is -4.33. The Kier molecular flexibility index (Phi) is 22.7. The summed E-state index contributed by atoms with van der Waals surface area (Å²) in [5, 5.41) is 0. The smallest absolute Gasteiger partial charge is 0.462 e. The molecular weight excluding hydrogens is 473 g/mol. The molecule has 9 nitrogen and oxygen atoms in total. The van der Waals surface area contributed by atoms with Crippen molar-refractivity contribution >= 4 is 19.8 Å². The summed E-state index contributed by atoms with van der Waals surface area (Å²) in [6, 6.07) is 0. The highest BCUT2D eigenvalue weighted by atomic mass is 31.2. The van der Waals surface area contributed by atoms with Gasteiger partial charge in [-0.1, -0.05) is 90.9 Å². The third-order valence-corrected chi connectivity index (χ3v) is 6.48. The molecule has 0 aliphatic rings. The van der Waals surface area contributed by atoms with Gasteiger partial charge in [0.05, 0.1) is 13.2 Å². The molecule has 0 fully saturated rings. The Morgan fingerprint density at radius 2 is 1.26 bits per heavy atom. The van der Waals surface area contributed by atoms with Gasteiger partial charge in [0.15, 0.2) is 6.10 Å². The zero-order chi connectivity index (χ0) is 26.2. The van der Waals surface area contributed by atoms with Gasteiger partial charge in [-0.15, -0.1) is 0 Å². The fourth-order valence-electron chi connectivity index (χ4n) is 3.43. The maximum atomic E-state index is 12.3. The first-order valence-corrected chi connectivity index (χ1v) is 15.0. The molecule has 0 rings (SSSR count). The van der Waals surface area contributed by atoms with Crippen molar-refractivity contribution < 1.29 is 37.6 Å². The van der Waals surface area contributed by atoms with Crippen molar-refractivity contribution in [2.45, 2.75) is 123 Å². The molecule has 0 aromatic heterocycles. The highest BCUT2D eigenvalue weighted by Gasteiger charge is 2.25. The lowest BCUT2D eigenvalue weighted by Gasteiger charge is -2.19. The largest absolute Gasteiger partial charge is 0.472 e. The van der Waals surface area contributed by atoms with Crippen molar-refractivity contribution in [3.63, 3.8) is 0 Å². The summed E-state index contributed by atoms with van der Waals surface area (Å²) in [5.41, 5.74) is 5.26. The van der Waals surface area contributed by atoms with Gasteiger partial charge in [-0.25, -0.2) is 4.57 Å². The highest BCUT2D eigenvalue weighted by molar-refractivity contribution is 7.47. The Balaban J connectivity index is 4.19. The molecule has 0 amide bonds. The summed E-state index contributed by atoms with van der Waals surface area (Å²) >= 11 is 0. The maximum absolute atomic E-state index is 12.3. The van der Waals surface area contributed by atoms with Crippen molar-refractivity contribution in [2.24, 2.45) is 5.73 Å². The SMILES string of the molecule is CCCCCCCCCCCCCCC(=O)OC(COC(=O)CCCC)COP(=O)(O)OCCN. The molecule has 208 valence electrons. The van der Waals surface area contributed by atoms with Gasteiger partial charge < -0.3 is 20.1 Å². The number of ether oxygens (including phenoxy) is 2. The number of carbonyl (C=O) groups is 2. The van der Waals surface area contributed by atoms with E-state index >= 15 is 0 Å². The van der Waals surface area contributed by atoms with Crippen LogP contribution < -0.4 is 5.73 Å². The first-order valence-electron chi connectivity index (χ1n) is 13.5. The molecule has 2 unspecified atom stereocenters. The van der Waals surface area contributed by atoms with Gasteiger partial charge in [0.1, 0.15) is 6.61 Å². The van der Waals surface area contributed by atoms with E-state index in [4.69, 9.17) is 19.7 Å². The predicted molar refractivity (Wildman–Crippen MR) is 137 cm³/mol. The van der Waals surface area contributed by atoms with E-state index in [0.29, 0.717) is 12.8 Å². The van der Waals surface area contributed by atoms with Gasteiger partial charge in [-0.2, -0.15) is 0 Å². The second kappa shape index (κ2) is 23.4. The topological polar surface area (TPSA) is 134 Å². The van der Waals surface area contributed by atoms with E-state index in [1.54, 1.807) is 0 Å². The van der Waals surface area contributed by atoms with Crippen molar-refractivity contribution in [1.29, 1.82) is 0 Å². The predicted octanol–water partition coefficient (Wildman–Crippen LogP) is 5.82. The van der Waals surface area contributed by atoms with Crippen LogP contribution in [0.5, 0.6) is 0 Å². The molecule has 3 N–H and O–H groups in total. The van der Waals surface area contributed by atoms with Crippen LogP contribution in [0.15, 0.2) is 0 Å². The number of hydrogen-bond acceptors (Lipinski definition) is 8. The van der Waals surface area contributed by atoms with Crippen LogP contribution >= 0.6 is 7.82 Å². The average molecular weight is 524 g/mol. The second-order valence-electron chi connectivity index (χ2n) is 8.92. The lowest BCUT2D eigenvalue weighted by atomic mass is 10.0. The van der Waals surface area contributed by atoms with Crippen LogP contribution in [0.3, 0.4) is 0 Å². The Morgan fingerprint density at radius 3 is 1.80 bits per heavy atom. The summed E-state index contributed by atoms with van der Waals surface area (Å²) < 4.78 is 31.9. The highest BCUT2D eigenvalue weighted by Crippen LogP contribution is 2.43. The number of phosphoric acid groups is 1. The number of unbranched alkanes of at least 4 members (excludes halogenated alkanes) is 12. The third-order valence-electron chi connectivity index (χ3n) is 5.49. The van der Waals surface area contributed by atoms with E-state index in [0.717, 1.165) is 19.3 Å². The Morgan fingerprint density at radius 1 is 0.743 bits per heavy atom. The zero-order valence-corrected chi connectivity index (χ0v) is 22.9. The van der Waals surface area contributed by atoms with Gasteiger partial charge in [0.25, 0.3) is 0 Å². The number of esters is 2. The lowest BCUT2D eigenvalue weighted by Crippen LogP contribution is -2.29. The van der Waals surface area contributed by atoms with E-state index in [1.165, 1.54) is 57.8 Å². The van der Waals surface area contributed by atoms with Crippen molar-refractivity contribution in [3.8, 4) is 0 Å². The third kappa shape index (κ3) is 23.2. The van der Waals surface area contributed by atoms with Gasteiger partial charge in [0.2, 0.25) is 0 Å². The number of rotatable bonds is 25. The molecule has 0 aliphatic heterocycles. The molecule has 2 atom stereocenters. The Hall–Kier alpha value is -0.990. The molecule has 0 saturated carbocycles. The summed E-state index contributed by atoms with van der Waals surface area (Å²) in [5.74, 6) is -0.869. The zero-order valence-electron chi connectivity index (χ0n) is 22.0. The summed E-state index contributed by atoms with van der Waals surface area (Å²) in [7, 11) is -4.33. The van der Waals surface area contributed by atoms with Crippen molar-refractivity contribution in [3.05, 3.63) is 0 Å². The summed E-state index contributed by atoms with van der Waals surface area (Å²) in [6.45, 7) is 3.42. The van der Waals surface area contributed by atoms with Crippen LogP contribution in [0, 0.1) is 0 Å². The molecule has 0 aliphatic carbocycles. The molecule has 0 spiro atoms. The van der Waals surface area contributed by atoms with Gasteiger partial charge in [0, 0.05) is 19.4 Å². The van der Waals surface area contributed by atoms with Crippen LogP contribution in [0.4, 0.5) is 0 Å². The van der Waals surface area contributed by atoms with Gasteiger partial charge in [-0.05, 0) is 12.8 Å². The van der Waals surface area contributed by atoms with E-state index in [-0.39, 0.29) is 32.6 Å². The molecular formula is C25H50NO8P. The molecule has 0 aromatic rings. The number of nitrogens with two attached hydrogens (primary N) is 1.